The van der Waals surface area contributed by atoms with Crippen LogP contribution < -0.4 is 5.32 Å². The highest BCUT2D eigenvalue weighted by atomic mass is 32.1. The molecular formula is C14H15N3O3S. The van der Waals surface area contributed by atoms with E-state index in [0.29, 0.717) is 11.3 Å². The zero-order valence-corrected chi connectivity index (χ0v) is 12.7. The molecule has 0 aromatic carbocycles. The van der Waals surface area contributed by atoms with Crippen molar-refractivity contribution < 1.29 is 14.7 Å². The van der Waals surface area contributed by atoms with E-state index in [-0.39, 0.29) is 15.9 Å². The van der Waals surface area contributed by atoms with Gasteiger partial charge in [-0.15, -0.1) is 0 Å². The van der Waals surface area contributed by atoms with Gasteiger partial charge >= 0.3 is 5.97 Å². The van der Waals surface area contributed by atoms with Gasteiger partial charge < -0.3 is 10.4 Å². The van der Waals surface area contributed by atoms with E-state index in [1.807, 2.05) is 0 Å². The van der Waals surface area contributed by atoms with Crippen molar-refractivity contribution >= 4 is 28.3 Å². The number of aromatic carboxylic acids is 1. The number of anilines is 1. The molecular weight excluding hydrogens is 290 g/mol. The molecule has 6 nitrogen and oxygen atoms in total. The predicted octanol–water partition coefficient (Wildman–Crippen LogP) is 2.89. The summed E-state index contributed by atoms with van der Waals surface area (Å²) in [5.41, 5.74) is 0.403. The van der Waals surface area contributed by atoms with Crippen molar-refractivity contribution in [1.29, 1.82) is 0 Å². The van der Waals surface area contributed by atoms with Crippen LogP contribution in [0.5, 0.6) is 0 Å². The van der Waals surface area contributed by atoms with E-state index in [1.165, 1.54) is 0 Å². The Morgan fingerprint density at radius 2 is 1.86 bits per heavy atom. The van der Waals surface area contributed by atoms with Crippen LogP contribution >= 0.6 is 11.3 Å². The summed E-state index contributed by atoms with van der Waals surface area (Å²) in [7, 11) is 0. The second kappa shape index (κ2) is 5.61. The molecule has 2 aromatic heterocycles. The summed E-state index contributed by atoms with van der Waals surface area (Å²) in [6.45, 7) is 5.33. The van der Waals surface area contributed by atoms with E-state index in [1.54, 1.807) is 45.3 Å². The SMILES string of the molecule is CC(C)(C)C(=O)Nc1nc(-c2ccncc2)c(C(=O)O)s1. The number of aromatic nitrogens is 2. The quantitative estimate of drug-likeness (QED) is 0.909. The predicted molar refractivity (Wildman–Crippen MR) is 80.4 cm³/mol. The van der Waals surface area contributed by atoms with Crippen LogP contribution in [0.25, 0.3) is 11.3 Å². The van der Waals surface area contributed by atoms with E-state index in [9.17, 15) is 14.7 Å². The van der Waals surface area contributed by atoms with Gasteiger partial charge in [0, 0.05) is 23.4 Å². The molecule has 7 heteroatoms. The number of carbonyl (C=O) groups is 2. The molecule has 21 heavy (non-hydrogen) atoms. The van der Waals surface area contributed by atoms with Crippen molar-refractivity contribution in [1.82, 2.24) is 9.97 Å². The second-order valence-electron chi connectivity index (χ2n) is 5.44. The van der Waals surface area contributed by atoms with E-state index >= 15 is 0 Å². The molecule has 0 fully saturated rings. The van der Waals surface area contributed by atoms with Crippen molar-refractivity contribution in [3.8, 4) is 11.3 Å². The number of hydrogen-bond donors (Lipinski definition) is 2. The summed E-state index contributed by atoms with van der Waals surface area (Å²) in [4.78, 5) is 31.5. The van der Waals surface area contributed by atoms with Crippen LogP contribution in [0.1, 0.15) is 30.4 Å². The summed E-state index contributed by atoms with van der Waals surface area (Å²) in [6, 6.07) is 3.35. The van der Waals surface area contributed by atoms with Gasteiger partial charge in [-0.1, -0.05) is 32.1 Å². The summed E-state index contributed by atoms with van der Waals surface area (Å²) in [6.07, 6.45) is 3.13. The smallest absolute Gasteiger partial charge is 0.348 e. The first-order valence-electron chi connectivity index (χ1n) is 6.25. The van der Waals surface area contributed by atoms with Crippen LogP contribution in [-0.2, 0) is 4.79 Å². The molecule has 0 aliphatic carbocycles. The van der Waals surface area contributed by atoms with Crippen LogP contribution in [0, 0.1) is 5.41 Å². The largest absolute Gasteiger partial charge is 0.477 e. The summed E-state index contributed by atoms with van der Waals surface area (Å²) in [5.74, 6) is -1.29. The molecule has 0 saturated carbocycles. The monoisotopic (exact) mass is 305 g/mol. The minimum atomic E-state index is -1.07. The van der Waals surface area contributed by atoms with Gasteiger partial charge in [-0.3, -0.25) is 9.78 Å². The Labute approximate surface area is 125 Å². The number of nitrogens with one attached hydrogen (secondary N) is 1. The Hall–Kier alpha value is -2.28. The molecule has 0 unspecified atom stereocenters. The molecule has 2 heterocycles. The topological polar surface area (TPSA) is 92.2 Å². The molecule has 2 N–H and O–H groups in total. The normalized spacial score (nSPS) is 11.2. The minimum Gasteiger partial charge on any atom is -0.477 e. The number of nitrogens with zero attached hydrogens (tertiary/aromatic N) is 2. The third-order valence-corrected chi connectivity index (χ3v) is 3.64. The van der Waals surface area contributed by atoms with Gasteiger partial charge in [0.2, 0.25) is 5.91 Å². The van der Waals surface area contributed by atoms with E-state index in [0.717, 1.165) is 11.3 Å². The highest BCUT2D eigenvalue weighted by Crippen LogP contribution is 2.31. The number of amides is 1. The van der Waals surface area contributed by atoms with Gasteiger partial charge in [0.1, 0.15) is 4.88 Å². The van der Waals surface area contributed by atoms with E-state index in [2.05, 4.69) is 15.3 Å². The summed E-state index contributed by atoms with van der Waals surface area (Å²) in [5, 5.41) is 12.2. The fourth-order valence-corrected chi connectivity index (χ4v) is 2.33. The molecule has 0 saturated heterocycles. The van der Waals surface area contributed by atoms with Gasteiger partial charge in [-0.05, 0) is 12.1 Å². The molecule has 0 radical (unpaired) electrons. The number of rotatable bonds is 3. The number of pyridine rings is 1. The molecule has 0 atom stereocenters. The Bertz CT molecular complexity index is 675. The maximum atomic E-state index is 12.0. The van der Waals surface area contributed by atoms with Gasteiger partial charge in [0.05, 0.1) is 5.69 Å². The average Bonchev–Trinajstić information content (AvgIpc) is 2.83. The lowest BCUT2D eigenvalue weighted by Gasteiger charge is -2.15. The lowest BCUT2D eigenvalue weighted by atomic mass is 9.96. The van der Waals surface area contributed by atoms with Crippen molar-refractivity contribution in [2.75, 3.05) is 5.32 Å². The number of hydrogen-bond acceptors (Lipinski definition) is 5. The van der Waals surface area contributed by atoms with E-state index < -0.39 is 11.4 Å². The standard InChI is InChI=1S/C14H15N3O3S/c1-14(2,3)12(20)17-13-16-9(10(21-13)11(18)19)8-4-6-15-7-5-8/h4-7H,1-3H3,(H,18,19)(H,16,17,20). The van der Waals surface area contributed by atoms with Gasteiger partial charge in [0.25, 0.3) is 0 Å². The molecule has 2 aromatic rings. The fourth-order valence-electron chi connectivity index (χ4n) is 1.51. The van der Waals surface area contributed by atoms with Crippen molar-refractivity contribution in [3.63, 3.8) is 0 Å². The fraction of sp³-hybridized carbons (Fsp3) is 0.286. The third-order valence-electron chi connectivity index (χ3n) is 2.68. The van der Waals surface area contributed by atoms with Gasteiger partial charge in [-0.2, -0.15) is 0 Å². The van der Waals surface area contributed by atoms with Gasteiger partial charge in [-0.25, -0.2) is 9.78 Å². The molecule has 1 amide bonds. The molecule has 0 aliphatic heterocycles. The number of carboxylic acid groups (broad SMARTS) is 1. The Morgan fingerprint density at radius 3 is 2.38 bits per heavy atom. The molecule has 0 spiro atoms. The lowest BCUT2D eigenvalue weighted by Crippen LogP contribution is -2.27. The Balaban J connectivity index is 2.39. The molecule has 2 rings (SSSR count). The van der Waals surface area contributed by atoms with E-state index in [4.69, 9.17) is 0 Å². The summed E-state index contributed by atoms with van der Waals surface area (Å²) >= 11 is 0.944. The second-order valence-corrected chi connectivity index (χ2v) is 6.44. The Morgan fingerprint density at radius 1 is 1.24 bits per heavy atom. The van der Waals surface area contributed by atoms with Crippen molar-refractivity contribution in [2.45, 2.75) is 20.8 Å². The lowest BCUT2D eigenvalue weighted by molar-refractivity contribution is -0.123. The van der Waals surface area contributed by atoms with Gasteiger partial charge in [0.15, 0.2) is 5.13 Å². The number of thiazole rings is 1. The number of carbonyl (C=O) groups excluding carboxylic acids is 1. The maximum absolute atomic E-state index is 12.0. The highest BCUT2D eigenvalue weighted by molar-refractivity contribution is 7.18. The highest BCUT2D eigenvalue weighted by Gasteiger charge is 2.25. The Kier molecular flexibility index (Phi) is 4.04. The van der Waals surface area contributed by atoms with Crippen LogP contribution in [0.2, 0.25) is 0 Å². The molecule has 110 valence electrons. The minimum absolute atomic E-state index is 0.0883. The average molecular weight is 305 g/mol. The number of carboxylic acids is 1. The molecule has 0 bridgehead atoms. The maximum Gasteiger partial charge on any atom is 0.348 e. The van der Waals surface area contributed by atoms with Crippen molar-refractivity contribution in [2.24, 2.45) is 5.41 Å². The first-order chi connectivity index (χ1) is 9.79. The first kappa shape index (κ1) is 15.1. The van der Waals surface area contributed by atoms with Crippen LogP contribution in [0.4, 0.5) is 5.13 Å². The van der Waals surface area contributed by atoms with Crippen LogP contribution in [0.3, 0.4) is 0 Å². The molecule has 0 aliphatic rings. The third kappa shape index (κ3) is 3.43. The zero-order valence-electron chi connectivity index (χ0n) is 11.9. The van der Waals surface area contributed by atoms with Crippen LogP contribution in [0.15, 0.2) is 24.5 Å². The first-order valence-corrected chi connectivity index (χ1v) is 7.06. The zero-order chi connectivity index (χ0) is 15.6. The van der Waals surface area contributed by atoms with Crippen LogP contribution in [-0.4, -0.2) is 27.0 Å². The summed E-state index contributed by atoms with van der Waals surface area (Å²) < 4.78 is 0. The van der Waals surface area contributed by atoms with Crippen molar-refractivity contribution in [3.05, 3.63) is 29.4 Å².